The lowest BCUT2D eigenvalue weighted by Crippen LogP contribution is -2.40. The number of nitrogens with zero attached hydrogens (tertiary/aromatic N) is 3. The van der Waals surface area contributed by atoms with Crippen LogP contribution >= 0.6 is 0 Å². The van der Waals surface area contributed by atoms with Crippen LogP contribution in [0.15, 0.2) is 24.3 Å². The van der Waals surface area contributed by atoms with E-state index in [4.69, 9.17) is 0 Å². The Labute approximate surface area is 121 Å². The highest BCUT2D eigenvalue weighted by Crippen LogP contribution is 2.35. The van der Waals surface area contributed by atoms with E-state index < -0.39 is 6.04 Å². The minimum absolute atomic E-state index is 0.133. The van der Waals surface area contributed by atoms with Gasteiger partial charge in [0.25, 0.3) is 5.91 Å². The SMILES string of the molecule is CN1C(=O)C2Cc3c(n(CO)c4ccccc34)CN2C1=O. The van der Waals surface area contributed by atoms with Crippen molar-refractivity contribution in [3.05, 3.63) is 35.5 Å². The van der Waals surface area contributed by atoms with Gasteiger partial charge in [0.05, 0.1) is 12.1 Å². The first kappa shape index (κ1) is 12.4. The molecule has 1 saturated heterocycles. The Morgan fingerprint density at radius 1 is 1.29 bits per heavy atom. The number of rotatable bonds is 1. The molecule has 6 heteroatoms. The molecule has 1 N–H and O–H groups in total. The molecule has 108 valence electrons. The van der Waals surface area contributed by atoms with Crippen LogP contribution in [0.1, 0.15) is 11.3 Å². The molecule has 1 unspecified atom stereocenters. The number of likely N-dealkylation sites (N-methyl/N-ethyl adjacent to an activating group) is 1. The number of hydrogen-bond donors (Lipinski definition) is 1. The molecule has 0 aliphatic carbocycles. The number of urea groups is 1. The normalized spacial score (nSPS) is 21.1. The fraction of sp³-hybridized carbons (Fsp3) is 0.333. The summed E-state index contributed by atoms with van der Waals surface area (Å²) in [7, 11) is 1.52. The monoisotopic (exact) mass is 285 g/mol. The highest BCUT2D eigenvalue weighted by atomic mass is 16.3. The number of carbonyl (C=O) groups excluding carboxylic acids is 2. The van der Waals surface area contributed by atoms with Gasteiger partial charge in [-0.3, -0.25) is 9.69 Å². The van der Waals surface area contributed by atoms with Gasteiger partial charge in [0, 0.05) is 24.5 Å². The molecule has 0 bridgehead atoms. The summed E-state index contributed by atoms with van der Waals surface area (Å²) in [5, 5.41) is 10.7. The number of fused-ring (bicyclic) bond motifs is 4. The van der Waals surface area contributed by atoms with Crippen molar-refractivity contribution in [3.8, 4) is 0 Å². The molecular weight excluding hydrogens is 270 g/mol. The van der Waals surface area contributed by atoms with Gasteiger partial charge in [-0.2, -0.15) is 0 Å². The molecule has 1 fully saturated rings. The first-order valence-electron chi connectivity index (χ1n) is 6.91. The summed E-state index contributed by atoms with van der Waals surface area (Å²) in [6.45, 7) is 0.233. The first-order chi connectivity index (χ1) is 10.1. The summed E-state index contributed by atoms with van der Waals surface area (Å²) in [6.07, 6.45) is 0.512. The van der Waals surface area contributed by atoms with Crippen LogP contribution in [-0.4, -0.2) is 44.5 Å². The zero-order valence-electron chi connectivity index (χ0n) is 11.6. The van der Waals surface area contributed by atoms with E-state index in [-0.39, 0.29) is 18.7 Å². The quantitative estimate of drug-likeness (QED) is 0.792. The number of aromatic nitrogens is 1. The third-order valence-electron chi connectivity index (χ3n) is 4.58. The summed E-state index contributed by atoms with van der Waals surface area (Å²) in [6, 6.07) is 7.15. The van der Waals surface area contributed by atoms with Crippen molar-refractivity contribution in [2.24, 2.45) is 0 Å². The van der Waals surface area contributed by atoms with Crippen molar-refractivity contribution >= 4 is 22.8 Å². The van der Waals surface area contributed by atoms with Crippen molar-refractivity contribution in [3.63, 3.8) is 0 Å². The molecule has 6 nitrogen and oxygen atoms in total. The van der Waals surface area contributed by atoms with Crippen LogP contribution in [0.25, 0.3) is 10.9 Å². The van der Waals surface area contributed by atoms with Crippen LogP contribution in [0.3, 0.4) is 0 Å². The van der Waals surface area contributed by atoms with Gasteiger partial charge in [0.15, 0.2) is 0 Å². The first-order valence-corrected chi connectivity index (χ1v) is 6.91. The van der Waals surface area contributed by atoms with Crippen molar-refractivity contribution in [1.29, 1.82) is 0 Å². The largest absolute Gasteiger partial charge is 0.376 e. The number of amides is 3. The Hall–Kier alpha value is -2.34. The predicted octanol–water partition coefficient (Wildman–Crippen LogP) is 0.910. The van der Waals surface area contributed by atoms with Gasteiger partial charge in [-0.1, -0.05) is 18.2 Å². The minimum atomic E-state index is -0.409. The standard InChI is InChI=1S/C15H15N3O3/c1-16-14(20)12-6-10-9-4-2-3-5-11(9)18(8-19)13(10)7-17(12)15(16)21/h2-5,12,19H,6-8H2,1H3. The van der Waals surface area contributed by atoms with E-state index in [1.54, 1.807) is 4.90 Å². The molecule has 0 radical (unpaired) electrons. The van der Waals surface area contributed by atoms with Gasteiger partial charge in [-0.15, -0.1) is 0 Å². The number of aliphatic hydroxyl groups is 1. The number of aliphatic hydroxyl groups excluding tert-OH is 1. The second-order valence-corrected chi connectivity index (χ2v) is 5.54. The molecule has 3 amide bonds. The Morgan fingerprint density at radius 3 is 2.81 bits per heavy atom. The Bertz CT molecular complexity index is 780. The predicted molar refractivity (Wildman–Crippen MR) is 75.4 cm³/mol. The zero-order valence-corrected chi connectivity index (χ0v) is 11.6. The molecule has 4 rings (SSSR count). The lowest BCUT2D eigenvalue weighted by atomic mass is 9.97. The van der Waals surface area contributed by atoms with E-state index in [0.29, 0.717) is 13.0 Å². The number of benzene rings is 1. The molecule has 1 aromatic heterocycles. The van der Waals surface area contributed by atoms with Crippen molar-refractivity contribution in [1.82, 2.24) is 14.4 Å². The molecule has 0 saturated carbocycles. The Morgan fingerprint density at radius 2 is 2.05 bits per heavy atom. The molecule has 21 heavy (non-hydrogen) atoms. The van der Waals surface area contributed by atoms with Gasteiger partial charge < -0.3 is 14.6 Å². The second-order valence-electron chi connectivity index (χ2n) is 5.54. The van der Waals surface area contributed by atoms with E-state index in [1.807, 2.05) is 28.8 Å². The number of hydrogen-bond acceptors (Lipinski definition) is 3. The molecular formula is C15H15N3O3. The third kappa shape index (κ3) is 1.45. The number of imide groups is 1. The summed E-state index contributed by atoms with van der Waals surface area (Å²) >= 11 is 0. The van der Waals surface area contributed by atoms with Crippen molar-refractivity contribution < 1.29 is 14.7 Å². The maximum Gasteiger partial charge on any atom is 0.327 e. The summed E-state index contributed by atoms with van der Waals surface area (Å²) in [4.78, 5) is 27.1. The second kappa shape index (κ2) is 4.08. The average molecular weight is 285 g/mol. The fourth-order valence-corrected chi connectivity index (χ4v) is 3.51. The average Bonchev–Trinajstić information content (AvgIpc) is 2.94. The van der Waals surface area contributed by atoms with Crippen LogP contribution in [0.2, 0.25) is 0 Å². The molecule has 0 spiro atoms. The van der Waals surface area contributed by atoms with E-state index in [1.165, 1.54) is 11.9 Å². The molecule has 1 aromatic carbocycles. The maximum atomic E-state index is 12.2. The summed E-state index contributed by atoms with van der Waals surface area (Å²) < 4.78 is 1.82. The third-order valence-corrected chi connectivity index (χ3v) is 4.58. The highest BCUT2D eigenvalue weighted by molar-refractivity contribution is 6.04. The highest BCUT2D eigenvalue weighted by Gasteiger charge is 2.46. The molecule has 2 aromatic rings. The van der Waals surface area contributed by atoms with E-state index >= 15 is 0 Å². The number of carbonyl (C=O) groups is 2. The number of para-hydroxylation sites is 1. The van der Waals surface area contributed by atoms with Gasteiger partial charge in [-0.05, 0) is 11.6 Å². The van der Waals surface area contributed by atoms with Crippen LogP contribution < -0.4 is 0 Å². The molecule has 1 atom stereocenters. The van der Waals surface area contributed by atoms with Crippen molar-refractivity contribution in [2.75, 3.05) is 7.05 Å². The Balaban J connectivity index is 1.92. The van der Waals surface area contributed by atoms with E-state index in [0.717, 1.165) is 22.2 Å². The topological polar surface area (TPSA) is 65.8 Å². The van der Waals surface area contributed by atoms with E-state index in [2.05, 4.69) is 0 Å². The van der Waals surface area contributed by atoms with Crippen LogP contribution in [0, 0.1) is 0 Å². The summed E-state index contributed by atoms with van der Waals surface area (Å²) in [5.74, 6) is -0.147. The minimum Gasteiger partial charge on any atom is -0.376 e. The molecule has 2 aliphatic heterocycles. The fourth-order valence-electron chi connectivity index (χ4n) is 3.51. The van der Waals surface area contributed by atoms with Gasteiger partial charge in [-0.25, -0.2) is 4.79 Å². The lowest BCUT2D eigenvalue weighted by molar-refractivity contribution is -0.127. The van der Waals surface area contributed by atoms with Crippen LogP contribution in [-0.2, 0) is 24.5 Å². The van der Waals surface area contributed by atoms with E-state index in [9.17, 15) is 14.7 Å². The van der Waals surface area contributed by atoms with Gasteiger partial charge >= 0.3 is 6.03 Å². The van der Waals surface area contributed by atoms with Crippen molar-refractivity contribution in [2.45, 2.75) is 25.7 Å². The van der Waals surface area contributed by atoms with Gasteiger partial charge in [0.2, 0.25) is 0 Å². The molecule has 3 heterocycles. The van der Waals surface area contributed by atoms with Crippen LogP contribution in [0.4, 0.5) is 4.79 Å². The summed E-state index contributed by atoms with van der Waals surface area (Å²) in [5.41, 5.74) is 2.93. The maximum absolute atomic E-state index is 12.2. The smallest absolute Gasteiger partial charge is 0.327 e. The lowest BCUT2D eigenvalue weighted by Gasteiger charge is -2.28. The van der Waals surface area contributed by atoms with Gasteiger partial charge in [0.1, 0.15) is 12.8 Å². The molecule has 2 aliphatic rings. The Kier molecular flexibility index (Phi) is 2.41. The van der Waals surface area contributed by atoms with Crippen LogP contribution in [0.5, 0.6) is 0 Å². The zero-order chi connectivity index (χ0) is 14.7.